The van der Waals surface area contributed by atoms with Crippen molar-refractivity contribution < 1.29 is 14.2 Å². The average Bonchev–Trinajstić information content (AvgIpc) is 2.12. The molecule has 1 aliphatic carbocycles. The highest BCUT2D eigenvalue weighted by Crippen LogP contribution is 2.23. The van der Waals surface area contributed by atoms with E-state index in [9.17, 15) is 0 Å². The van der Waals surface area contributed by atoms with Crippen LogP contribution in [0.25, 0.3) is 0 Å². The lowest BCUT2D eigenvalue weighted by molar-refractivity contribution is -0.124. The van der Waals surface area contributed by atoms with Crippen LogP contribution in [0.5, 0.6) is 0 Å². The highest BCUT2D eigenvalue weighted by Gasteiger charge is 2.31. The van der Waals surface area contributed by atoms with E-state index >= 15 is 0 Å². The second-order valence-corrected chi connectivity index (χ2v) is 3.82. The van der Waals surface area contributed by atoms with E-state index in [1.165, 1.54) is 0 Å². The second-order valence-electron chi connectivity index (χ2n) is 3.82. The molecule has 1 fully saturated rings. The second kappa shape index (κ2) is 5.66. The molecule has 4 nitrogen and oxygen atoms in total. The summed E-state index contributed by atoms with van der Waals surface area (Å²) >= 11 is 0. The van der Waals surface area contributed by atoms with Gasteiger partial charge in [0.1, 0.15) is 0 Å². The first-order valence-electron chi connectivity index (χ1n) is 5.05. The van der Waals surface area contributed by atoms with Gasteiger partial charge in [-0.15, -0.1) is 0 Å². The van der Waals surface area contributed by atoms with Crippen molar-refractivity contribution in [1.82, 2.24) is 5.32 Å². The topological polar surface area (TPSA) is 39.7 Å². The van der Waals surface area contributed by atoms with Crippen LogP contribution in [0, 0.1) is 0 Å². The van der Waals surface area contributed by atoms with Gasteiger partial charge in [0.15, 0.2) is 6.29 Å². The van der Waals surface area contributed by atoms with Gasteiger partial charge in [-0.1, -0.05) is 0 Å². The quantitative estimate of drug-likeness (QED) is 0.647. The van der Waals surface area contributed by atoms with Gasteiger partial charge in [-0.3, -0.25) is 0 Å². The Bertz CT molecular complexity index is 155. The van der Waals surface area contributed by atoms with Crippen LogP contribution in [-0.4, -0.2) is 45.8 Å². The summed E-state index contributed by atoms with van der Waals surface area (Å²) in [5, 5.41) is 3.45. The summed E-state index contributed by atoms with van der Waals surface area (Å²) in [7, 11) is 5.08. The highest BCUT2D eigenvalue weighted by molar-refractivity contribution is 4.87. The Balaban J connectivity index is 2.18. The zero-order chi connectivity index (χ0) is 10.6. The fourth-order valence-electron chi connectivity index (χ4n) is 1.85. The third-order valence-corrected chi connectivity index (χ3v) is 2.80. The Morgan fingerprint density at radius 2 is 1.71 bits per heavy atom. The first kappa shape index (κ1) is 11.9. The van der Waals surface area contributed by atoms with Crippen molar-refractivity contribution in [3.63, 3.8) is 0 Å². The van der Waals surface area contributed by atoms with Gasteiger partial charge in [0.25, 0.3) is 0 Å². The molecule has 0 amide bonds. The van der Waals surface area contributed by atoms with Crippen LogP contribution in [-0.2, 0) is 14.2 Å². The van der Waals surface area contributed by atoms with Crippen LogP contribution >= 0.6 is 0 Å². The molecular formula is C10H21NO3. The van der Waals surface area contributed by atoms with Crippen molar-refractivity contribution in [2.45, 2.75) is 44.2 Å². The summed E-state index contributed by atoms with van der Waals surface area (Å²) in [5.74, 6) is 0. The van der Waals surface area contributed by atoms with Gasteiger partial charge < -0.3 is 19.5 Å². The number of rotatable bonds is 6. The van der Waals surface area contributed by atoms with E-state index < -0.39 is 0 Å². The van der Waals surface area contributed by atoms with Crippen LogP contribution in [0.15, 0.2) is 0 Å². The average molecular weight is 203 g/mol. The summed E-state index contributed by atoms with van der Waals surface area (Å²) in [6.07, 6.45) is 2.43. The zero-order valence-electron chi connectivity index (χ0n) is 9.45. The van der Waals surface area contributed by atoms with Crippen molar-refractivity contribution in [1.29, 1.82) is 0 Å². The molecule has 0 aliphatic heterocycles. The molecule has 0 spiro atoms. The molecule has 0 heterocycles. The molecule has 1 aliphatic rings. The van der Waals surface area contributed by atoms with Gasteiger partial charge in [-0.05, 0) is 19.8 Å². The standard InChI is InChI=1S/C10H21NO3/c1-7(10(13-3)14-4)11-8-5-9(6-8)12-2/h7-11H,5-6H2,1-4H3. The molecule has 0 saturated heterocycles. The third-order valence-electron chi connectivity index (χ3n) is 2.80. The van der Waals surface area contributed by atoms with Gasteiger partial charge in [0.05, 0.1) is 12.1 Å². The summed E-state index contributed by atoms with van der Waals surface area (Å²) < 4.78 is 15.5. The Kier molecular flexibility index (Phi) is 4.81. The minimum atomic E-state index is -0.170. The molecular weight excluding hydrogens is 182 g/mol. The van der Waals surface area contributed by atoms with Crippen molar-refractivity contribution in [2.24, 2.45) is 0 Å². The maximum absolute atomic E-state index is 5.21. The van der Waals surface area contributed by atoms with Gasteiger partial charge in [0, 0.05) is 27.4 Å². The largest absolute Gasteiger partial charge is 0.381 e. The van der Waals surface area contributed by atoms with Crippen molar-refractivity contribution in [3.05, 3.63) is 0 Å². The molecule has 4 heteroatoms. The maximum Gasteiger partial charge on any atom is 0.171 e. The normalized spacial score (nSPS) is 28.9. The molecule has 1 rings (SSSR count). The molecule has 0 aromatic carbocycles. The van der Waals surface area contributed by atoms with Crippen molar-refractivity contribution in [2.75, 3.05) is 21.3 Å². The number of methoxy groups -OCH3 is 3. The Morgan fingerprint density at radius 1 is 1.14 bits per heavy atom. The minimum Gasteiger partial charge on any atom is -0.381 e. The molecule has 0 radical (unpaired) electrons. The van der Waals surface area contributed by atoms with Crippen LogP contribution < -0.4 is 5.32 Å². The van der Waals surface area contributed by atoms with Crippen LogP contribution in [0.2, 0.25) is 0 Å². The molecule has 14 heavy (non-hydrogen) atoms. The molecule has 1 N–H and O–H groups in total. The lowest BCUT2D eigenvalue weighted by atomic mass is 9.89. The van der Waals surface area contributed by atoms with Gasteiger partial charge >= 0.3 is 0 Å². The number of hydrogen-bond acceptors (Lipinski definition) is 4. The first-order valence-corrected chi connectivity index (χ1v) is 5.05. The van der Waals surface area contributed by atoms with E-state index in [0.717, 1.165) is 12.8 Å². The molecule has 0 bridgehead atoms. The van der Waals surface area contributed by atoms with Gasteiger partial charge in [0.2, 0.25) is 0 Å². The molecule has 1 saturated carbocycles. The Hall–Kier alpha value is -0.160. The number of nitrogens with one attached hydrogen (secondary N) is 1. The van der Waals surface area contributed by atoms with E-state index in [1.54, 1.807) is 21.3 Å². The summed E-state index contributed by atoms with van der Waals surface area (Å²) in [6.45, 7) is 2.07. The predicted molar refractivity (Wildman–Crippen MR) is 54.2 cm³/mol. The monoisotopic (exact) mass is 203 g/mol. The van der Waals surface area contributed by atoms with E-state index in [-0.39, 0.29) is 12.3 Å². The van der Waals surface area contributed by atoms with E-state index in [0.29, 0.717) is 12.1 Å². The number of hydrogen-bond donors (Lipinski definition) is 1. The summed E-state index contributed by atoms with van der Waals surface area (Å²) in [5.41, 5.74) is 0. The Morgan fingerprint density at radius 3 is 2.14 bits per heavy atom. The molecule has 1 unspecified atom stereocenters. The molecule has 1 atom stereocenters. The van der Waals surface area contributed by atoms with Crippen LogP contribution in [0.1, 0.15) is 19.8 Å². The van der Waals surface area contributed by atoms with Gasteiger partial charge in [-0.25, -0.2) is 0 Å². The molecule has 0 aromatic heterocycles. The summed E-state index contributed by atoms with van der Waals surface area (Å²) in [4.78, 5) is 0. The zero-order valence-corrected chi connectivity index (χ0v) is 9.45. The molecule has 84 valence electrons. The predicted octanol–water partition coefficient (Wildman–Crippen LogP) is 0.761. The lowest BCUT2D eigenvalue weighted by Crippen LogP contribution is -2.52. The maximum atomic E-state index is 5.21. The fourth-order valence-corrected chi connectivity index (χ4v) is 1.85. The fraction of sp³-hybridized carbons (Fsp3) is 1.00. The van der Waals surface area contributed by atoms with E-state index in [4.69, 9.17) is 14.2 Å². The first-order chi connectivity index (χ1) is 6.71. The van der Waals surface area contributed by atoms with Crippen LogP contribution in [0.3, 0.4) is 0 Å². The molecule has 0 aromatic rings. The Labute approximate surface area is 85.9 Å². The lowest BCUT2D eigenvalue weighted by Gasteiger charge is -2.37. The van der Waals surface area contributed by atoms with Gasteiger partial charge in [-0.2, -0.15) is 0 Å². The van der Waals surface area contributed by atoms with Crippen LogP contribution in [0.4, 0.5) is 0 Å². The SMILES string of the molecule is COC1CC(NC(C)C(OC)OC)C1. The van der Waals surface area contributed by atoms with Crippen molar-refractivity contribution in [3.8, 4) is 0 Å². The smallest absolute Gasteiger partial charge is 0.171 e. The third kappa shape index (κ3) is 2.92. The van der Waals surface area contributed by atoms with Crippen molar-refractivity contribution >= 4 is 0 Å². The minimum absolute atomic E-state index is 0.170. The van der Waals surface area contributed by atoms with E-state index in [1.807, 2.05) is 0 Å². The summed E-state index contributed by atoms with van der Waals surface area (Å²) in [6, 6.07) is 0.760. The number of ether oxygens (including phenoxy) is 3. The van der Waals surface area contributed by atoms with E-state index in [2.05, 4.69) is 12.2 Å². The highest BCUT2D eigenvalue weighted by atomic mass is 16.7.